The molecular weight excluding hydrogens is 813 g/mol. The molecule has 0 N–H and O–H groups in total. The molecule has 0 saturated heterocycles. The maximum absolute atomic E-state index is 6.46. The molecule has 3 nitrogen and oxygen atoms in total. The van der Waals surface area contributed by atoms with Crippen molar-refractivity contribution in [1.82, 2.24) is 4.57 Å². The first-order valence-electron chi connectivity index (χ1n) is 22.9. The molecule has 11 aromatic carbocycles. The van der Waals surface area contributed by atoms with E-state index in [0.717, 1.165) is 61.4 Å². The summed E-state index contributed by atoms with van der Waals surface area (Å²) < 4.78 is 8.88. The quantitative estimate of drug-likeness (QED) is 0.152. The highest BCUT2D eigenvalue weighted by Crippen LogP contribution is 2.43. The minimum Gasteiger partial charge on any atom is -0.455 e. The monoisotopic (exact) mass is 854 g/mol. The van der Waals surface area contributed by atoms with Crippen LogP contribution in [0.1, 0.15) is 0 Å². The molecule has 0 atom stereocenters. The van der Waals surface area contributed by atoms with Gasteiger partial charge in [0, 0.05) is 49.7 Å². The van der Waals surface area contributed by atoms with E-state index in [0.29, 0.717) is 0 Å². The highest BCUT2D eigenvalue weighted by Gasteiger charge is 2.19. The standard InChI is InChI=1S/C64H42N2O/c1-2-15-47-42-48(29-28-43(47)14-1)44-30-36-49(37-31-44)65(51-40-34-46(35-41-51)53-22-13-23-59-58-21-8-12-27-63(58)67-64(53)59)50-38-32-45(33-39-50)52-16-3-4-17-54(52)55-18-5-9-24-60(55)66-61-25-10-6-19-56(61)57-20-7-11-26-62(57)66/h1-42H. The molecule has 0 saturated carbocycles. The van der Waals surface area contributed by atoms with Crippen molar-refractivity contribution in [3.63, 3.8) is 0 Å². The Hall–Kier alpha value is -8.92. The van der Waals surface area contributed by atoms with Gasteiger partial charge in [0.2, 0.25) is 0 Å². The van der Waals surface area contributed by atoms with E-state index in [1.807, 2.05) is 12.1 Å². The lowest BCUT2D eigenvalue weighted by molar-refractivity contribution is 0.670. The van der Waals surface area contributed by atoms with Crippen LogP contribution in [0.25, 0.3) is 105 Å². The van der Waals surface area contributed by atoms with E-state index in [1.165, 1.54) is 60.4 Å². The third-order valence-corrected chi connectivity index (χ3v) is 13.4. The summed E-state index contributed by atoms with van der Waals surface area (Å²) in [6, 6.07) is 91.9. The SMILES string of the molecule is c1ccc(-c2ccccc2-n2c3ccccc3c3ccccc32)c(-c2ccc(N(c3ccc(-c4ccc5ccccc5c4)cc3)c3ccc(-c4cccc5c4oc4ccccc45)cc3)cc2)c1. The summed E-state index contributed by atoms with van der Waals surface area (Å²) in [5, 5.41) is 7.24. The van der Waals surface area contributed by atoms with Crippen molar-refractivity contribution in [3.05, 3.63) is 255 Å². The molecule has 3 heteroatoms. The number of hydrogen-bond acceptors (Lipinski definition) is 2. The zero-order valence-electron chi connectivity index (χ0n) is 36.6. The second-order valence-corrected chi connectivity index (χ2v) is 17.3. The number of hydrogen-bond donors (Lipinski definition) is 0. The summed E-state index contributed by atoms with van der Waals surface area (Å²) in [6.07, 6.45) is 0. The molecule has 0 radical (unpaired) electrons. The Kier molecular flexibility index (Phi) is 9.17. The number of rotatable bonds is 8. The summed E-state index contributed by atoms with van der Waals surface area (Å²) >= 11 is 0. The van der Waals surface area contributed by atoms with E-state index < -0.39 is 0 Å². The van der Waals surface area contributed by atoms with Gasteiger partial charge in [-0.3, -0.25) is 0 Å². The molecule has 0 unspecified atom stereocenters. The lowest BCUT2D eigenvalue weighted by Crippen LogP contribution is -2.09. The molecule has 13 aromatic rings. The minimum atomic E-state index is 0.901. The summed E-state index contributed by atoms with van der Waals surface area (Å²) in [5.74, 6) is 0. The molecule has 67 heavy (non-hydrogen) atoms. The molecule has 2 aromatic heterocycles. The molecule has 0 spiro atoms. The minimum absolute atomic E-state index is 0.901. The highest BCUT2D eigenvalue weighted by molar-refractivity contribution is 6.11. The van der Waals surface area contributed by atoms with Gasteiger partial charge >= 0.3 is 0 Å². The van der Waals surface area contributed by atoms with Gasteiger partial charge in [-0.1, -0.05) is 188 Å². The largest absolute Gasteiger partial charge is 0.455 e. The maximum atomic E-state index is 6.46. The predicted molar refractivity (Wildman–Crippen MR) is 282 cm³/mol. The van der Waals surface area contributed by atoms with Gasteiger partial charge in [0.25, 0.3) is 0 Å². The van der Waals surface area contributed by atoms with Crippen molar-refractivity contribution in [2.75, 3.05) is 4.90 Å². The number of para-hydroxylation sites is 5. The average Bonchev–Trinajstić information content (AvgIpc) is 3.95. The normalized spacial score (nSPS) is 11.6. The molecule has 0 fully saturated rings. The number of fused-ring (bicyclic) bond motifs is 7. The Balaban J connectivity index is 0.899. The zero-order valence-corrected chi connectivity index (χ0v) is 36.6. The zero-order chi connectivity index (χ0) is 44.3. The van der Waals surface area contributed by atoms with E-state index >= 15 is 0 Å². The van der Waals surface area contributed by atoms with Crippen molar-refractivity contribution in [3.8, 4) is 50.2 Å². The number of furan rings is 1. The molecular formula is C64H42N2O. The van der Waals surface area contributed by atoms with Crippen molar-refractivity contribution in [1.29, 1.82) is 0 Å². The number of nitrogens with zero attached hydrogens (tertiary/aromatic N) is 2. The predicted octanol–water partition coefficient (Wildman–Crippen LogP) is 18.0. The van der Waals surface area contributed by atoms with Crippen molar-refractivity contribution in [2.24, 2.45) is 0 Å². The van der Waals surface area contributed by atoms with Crippen LogP contribution in [0.4, 0.5) is 17.1 Å². The van der Waals surface area contributed by atoms with E-state index in [9.17, 15) is 0 Å². The molecule has 0 aliphatic heterocycles. The first-order valence-corrected chi connectivity index (χ1v) is 22.9. The lowest BCUT2D eigenvalue weighted by atomic mass is 9.93. The summed E-state index contributed by atoms with van der Waals surface area (Å²) in [7, 11) is 0. The molecule has 314 valence electrons. The van der Waals surface area contributed by atoms with Crippen LogP contribution in [0.3, 0.4) is 0 Å². The molecule has 0 bridgehead atoms. The fourth-order valence-electron chi connectivity index (χ4n) is 10.2. The Morgan fingerprint density at radius 1 is 0.299 bits per heavy atom. The van der Waals surface area contributed by atoms with Gasteiger partial charge in [-0.2, -0.15) is 0 Å². The molecule has 0 aliphatic rings. The lowest BCUT2D eigenvalue weighted by Gasteiger charge is -2.26. The fraction of sp³-hybridized carbons (Fsp3) is 0. The number of aromatic nitrogens is 1. The van der Waals surface area contributed by atoms with Gasteiger partial charge in [0.15, 0.2) is 0 Å². The Labute approximate surface area is 388 Å². The first-order chi connectivity index (χ1) is 33.2. The third kappa shape index (κ3) is 6.59. The van der Waals surface area contributed by atoms with E-state index in [4.69, 9.17) is 4.42 Å². The molecule has 0 amide bonds. The van der Waals surface area contributed by atoms with Crippen LogP contribution in [0.15, 0.2) is 259 Å². The topological polar surface area (TPSA) is 21.3 Å². The number of anilines is 3. The van der Waals surface area contributed by atoms with Crippen molar-refractivity contribution in [2.45, 2.75) is 0 Å². The van der Waals surface area contributed by atoms with Gasteiger partial charge in [-0.15, -0.1) is 0 Å². The Morgan fingerprint density at radius 3 is 1.46 bits per heavy atom. The molecule has 0 aliphatic carbocycles. The van der Waals surface area contributed by atoms with E-state index in [2.05, 4.69) is 252 Å². The second-order valence-electron chi connectivity index (χ2n) is 17.3. The number of benzene rings is 11. The Morgan fingerprint density at radius 2 is 0.776 bits per heavy atom. The van der Waals surface area contributed by atoms with Crippen LogP contribution >= 0.6 is 0 Å². The summed E-state index contributed by atoms with van der Waals surface area (Å²) in [6.45, 7) is 0. The van der Waals surface area contributed by atoms with E-state index in [-0.39, 0.29) is 0 Å². The third-order valence-electron chi connectivity index (χ3n) is 13.4. The van der Waals surface area contributed by atoms with Gasteiger partial charge < -0.3 is 13.9 Å². The van der Waals surface area contributed by atoms with Crippen LogP contribution in [0.2, 0.25) is 0 Å². The van der Waals surface area contributed by atoms with Crippen LogP contribution < -0.4 is 4.90 Å². The molecule has 2 heterocycles. The smallest absolute Gasteiger partial charge is 0.143 e. The van der Waals surface area contributed by atoms with Crippen molar-refractivity contribution < 1.29 is 4.42 Å². The maximum Gasteiger partial charge on any atom is 0.143 e. The summed E-state index contributed by atoms with van der Waals surface area (Å²) in [4.78, 5) is 2.35. The highest BCUT2D eigenvalue weighted by atomic mass is 16.3. The second kappa shape index (κ2) is 16.0. The van der Waals surface area contributed by atoms with Crippen LogP contribution in [0, 0.1) is 0 Å². The van der Waals surface area contributed by atoms with Gasteiger partial charge in [-0.25, -0.2) is 0 Å². The van der Waals surface area contributed by atoms with Crippen LogP contribution in [-0.4, -0.2) is 4.57 Å². The van der Waals surface area contributed by atoms with E-state index in [1.54, 1.807) is 0 Å². The van der Waals surface area contributed by atoms with Gasteiger partial charge in [0.1, 0.15) is 11.2 Å². The van der Waals surface area contributed by atoms with Crippen LogP contribution in [-0.2, 0) is 0 Å². The Bertz CT molecular complexity index is 3920. The van der Waals surface area contributed by atoms with Crippen molar-refractivity contribution >= 4 is 71.6 Å². The van der Waals surface area contributed by atoms with Gasteiger partial charge in [-0.05, 0) is 111 Å². The first kappa shape index (κ1) is 38.5. The summed E-state index contributed by atoms with van der Waals surface area (Å²) in [5.41, 5.74) is 17.8. The average molecular weight is 855 g/mol. The molecule has 13 rings (SSSR count). The van der Waals surface area contributed by atoms with Gasteiger partial charge in [0.05, 0.1) is 16.7 Å². The van der Waals surface area contributed by atoms with Crippen LogP contribution in [0.5, 0.6) is 0 Å². The fourth-order valence-corrected chi connectivity index (χ4v) is 10.2.